The molecule has 1 saturated heterocycles. The minimum absolute atomic E-state index is 0.0169. The number of piperidine rings is 1. The predicted octanol–water partition coefficient (Wildman–Crippen LogP) is 3.83. The van der Waals surface area contributed by atoms with Gasteiger partial charge in [-0.15, -0.1) is 0 Å². The SMILES string of the molecule is Cc1ccccc1CN(c1ccc(C(=O)N2CCC(C)CC2)cc1)S(C)(=O)=O. The van der Waals surface area contributed by atoms with Crippen LogP contribution >= 0.6 is 0 Å². The first-order chi connectivity index (χ1) is 13.3. The third-order valence-electron chi connectivity index (χ3n) is 5.45. The van der Waals surface area contributed by atoms with Crippen molar-refractivity contribution in [1.82, 2.24) is 4.90 Å². The standard InChI is InChI=1S/C22H28N2O3S/c1-17-12-14-23(15-13-17)22(25)19-8-10-21(11-9-19)24(28(3,26)27)16-20-7-5-4-6-18(20)2/h4-11,17H,12-16H2,1-3H3. The van der Waals surface area contributed by atoms with Crippen LogP contribution in [0.3, 0.4) is 0 Å². The molecule has 0 spiro atoms. The zero-order chi connectivity index (χ0) is 20.3. The molecule has 2 aromatic carbocycles. The van der Waals surface area contributed by atoms with E-state index in [4.69, 9.17) is 0 Å². The number of likely N-dealkylation sites (tertiary alicyclic amines) is 1. The van der Waals surface area contributed by atoms with Gasteiger partial charge < -0.3 is 4.90 Å². The number of hydrogen-bond acceptors (Lipinski definition) is 3. The molecule has 3 rings (SSSR count). The normalized spacial score (nSPS) is 15.5. The fraction of sp³-hybridized carbons (Fsp3) is 0.409. The molecule has 1 amide bonds. The van der Waals surface area contributed by atoms with E-state index in [1.807, 2.05) is 36.1 Å². The molecule has 0 saturated carbocycles. The maximum absolute atomic E-state index is 12.7. The van der Waals surface area contributed by atoms with E-state index in [1.165, 1.54) is 10.6 Å². The Labute approximate surface area is 168 Å². The number of sulfonamides is 1. The van der Waals surface area contributed by atoms with Crippen LogP contribution in [0.5, 0.6) is 0 Å². The summed E-state index contributed by atoms with van der Waals surface area (Å²) in [7, 11) is -3.45. The van der Waals surface area contributed by atoms with Crippen molar-refractivity contribution in [1.29, 1.82) is 0 Å². The summed E-state index contributed by atoms with van der Waals surface area (Å²) in [5.41, 5.74) is 3.16. The Morgan fingerprint density at radius 2 is 1.68 bits per heavy atom. The minimum Gasteiger partial charge on any atom is -0.339 e. The molecule has 0 unspecified atom stereocenters. The average Bonchev–Trinajstić information content (AvgIpc) is 2.67. The molecule has 6 heteroatoms. The van der Waals surface area contributed by atoms with E-state index >= 15 is 0 Å². The summed E-state index contributed by atoms with van der Waals surface area (Å²) >= 11 is 0. The largest absolute Gasteiger partial charge is 0.339 e. The van der Waals surface area contributed by atoms with E-state index in [1.54, 1.807) is 24.3 Å². The van der Waals surface area contributed by atoms with Crippen LogP contribution in [0.4, 0.5) is 5.69 Å². The number of benzene rings is 2. The van der Waals surface area contributed by atoms with Crippen molar-refractivity contribution in [3.05, 3.63) is 65.2 Å². The molecule has 5 nitrogen and oxygen atoms in total. The van der Waals surface area contributed by atoms with E-state index in [9.17, 15) is 13.2 Å². The van der Waals surface area contributed by atoms with E-state index in [0.29, 0.717) is 17.2 Å². The zero-order valence-electron chi connectivity index (χ0n) is 16.8. The number of carbonyl (C=O) groups excluding carboxylic acids is 1. The van der Waals surface area contributed by atoms with Crippen LogP contribution in [0.1, 0.15) is 41.3 Å². The van der Waals surface area contributed by atoms with Gasteiger partial charge in [0.2, 0.25) is 10.0 Å². The molecule has 1 fully saturated rings. The fourth-order valence-electron chi connectivity index (χ4n) is 3.51. The predicted molar refractivity (Wildman–Crippen MR) is 113 cm³/mol. The number of amides is 1. The van der Waals surface area contributed by atoms with Gasteiger partial charge in [-0.25, -0.2) is 8.42 Å². The quantitative estimate of drug-likeness (QED) is 0.766. The fourth-order valence-corrected chi connectivity index (χ4v) is 4.39. The Morgan fingerprint density at radius 1 is 1.07 bits per heavy atom. The smallest absolute Gasteiger partial charge is 0.253 e. The molecule has 0 atom stereocenters. The lowest BCUT2D eigenvalue weighted by atomic mass is 9.98. The van der Waals surface area contributed by atoms with E-state index in [0.717, 1.165) is 37.1 Å². The van der Waals surface area contributed by atoms with Crippen molar-refractivity contribution >= 4 is 21.6 Å². The summed E-state index contributed by atoms with van der Waals surface area (Å²) in [6.45, 7) is 6.01. The first kappa shape index (κ1) is 20.4. The van der Waals surface area contributed by atoms with Crippen LogP contribution in [0.2, 0.25) is 0 Å². The Bertz CT molecular complexity index is 931. The summed E-state index contributed by atoms with van der Waals surface area (Å²) in [6, 6.07) is 14.6. The molecular formula is C22H28N2O3S. The molecule has 1 aliphatic rings. The lowest BCUT2D eigenvalue weighted by Crippen LogP contribution is -2.37. The molecule has 0 bridgehead atoms. The highest BCUT2D eigenvalue weighted by atomic mass is 32.2. The van der Waals surface area contributed by atoms with Gasteiger partial charge in [0.25, 0.3) is 5.91 Å². The van der Waals surface area contributed by atoms with Crippen LogP contribution in [-0.4, -0.2) is 38.6 Å². The lowest BCUT2D eigenvalue weighted by molar-refractivity contribution is 0.0697. The van der Waals surface area contributed by atoms with Crippen LogP contribution in [-0.2, 0) is 16.6 Å². The van der Waals surface area contributed by atoms with E-state index in [2.05, 4.69) is 6.92 Å². The van der Waals surface area contributed by atoms with Crippen molar-refractivity contribution in [3.63, 3.8) is 0 Å². The molecule has 2 aromatic rings. The molecule has 1 heterocycles. The molecule has 1 aliphatic heterocycles. The average molecular weight is 401 g/mol. The van der Waals surface area contributed by atoms with Crippen molar-refractivity contribution in [2.24, 2.45) is 5.92 Å². The second-order valence-electron chi connectivity index (χ2n) is 7.72. The minimum atomic E-state index is -3.45. The van der Waals surface area contributed by atoms with Gasteiger partial charge in [0, 0.05) is 18.7 Å². The summed E-state index contributed by atoms with van der Waals surface area (Å²) in [6.07, 6.45) is 3.27. The maximum Gasteiger partial charge on any atom is 0.253 e. The first-order valence-electron chi connectivity index (χ1n) is 9.67. The Hall–Kier alpha value is -2.34. The number of nitrogens with zero attached hydrogens (tertiary/aromatic N) is 2. The molecule has 150 valence electrons. The van der Waals surface area contributed by atoms with Crippen molar-refractivity contribution < 1.29 is 13.2 Å². The molecule has 0 aromatic heterocycles. The summed E-state index contributed by atoms with van der Waals surface area (Å²) in [4.78, 5) is 14.6. The van der Waals surface area contributed by atoms with Gasteiger partial charge >= 0.3 is 0 Å². The Kier molecular flexibility index (Phi) is 6.08. The molecule has 0 radical (unpaired) electrons. The third kappa shape index (κ3) is 4.73. The van der Waals surface area contributed by atoms with Gasteiger partial charge in [-0.2, -0.15) is 0 Å². The van der Waals surface area contributed by atoms with Crippen molar-refractivity contribution in [3.8, 4) is 0 Å². The number of carbonyl (C=O) groups is 1. The Balaban J connectivity index is 1.81. The van der Waals surface area contributed by atoms with Crippen molar-refractivity contribution in [2.45, 2.75) is 33.2 Å². The van der Waals surface area contributed by atoms with Gasteiger partial charge in [0.1, 0.15) is 0 Å². The van der Waals surface area contributed by atoms with Crippen LogP contribution in [0, 0.1) is 12.8 Å². The number of rotatable bonds is 5. The number of aryl methyl sites for hydroxylation is 1. The number of hydrogen-bond donors (Lipinski definition) is 0. The highest BCUT2D eigenvalue weighted by molar-refractivity contribution is 7.92. The van der Waals surface area contributed by atoms with Gasteiger partial charge in [-0.05, 0) is 61.1 Å². The van der Waals surface area contributed by atoms with Gasteiger partial charge in [0.15, 0.2) is 0 Å². The molecule has 0 aliphatic carbocycles. The van der Waals surface area contributed by atoms with Gasteiger partial charge in [-0.1, -0.05) is 31.2 Å². The van der Waals surface area contributed by atoms with Gasteiger partial charge in [0.05, 0.1) is 18.5 Å². The highest BCUT2D eigenvalue weighted by Gasteiger charge is 2.23. The molecular weight excluding hydrogens is 372 g/mol. The Morgan fingerprint density at radius 3 is 2.25 bits per heavy atom. The summed E-state index contributed by atoms with van der Waals surface area (Å²) in [5.74, 6) is 0.680. The third-order valence-corrected chi connectivity index (χ3v) is 6.59. The lowest BCUT2D eigenvalue weighted by Gasteiger charge is -2.30. The maximum atomic E-state index is 12.7. The number of anilines is 1. The van der Waals surface area contributed by atoms with Crippen LogP contribution < -0.4 is 4.31 Å². The van der Waals surface area contributed by atoms with E-state index in [-0.39, 0.29) is 12.5 Å². The van der Waals surface area contributed by atoms with Crippen LogP contribution in [0.15, 0.2) is 48.5 Å². The molecule has 0 N–H and O–H groups in total. The second-order valence-corrected chi connectivity index (χ2v) is 9.62. The first-order valence-corrected chi connectivity index (χ1v) is 11.5. The topological polar surface area (TPSA) is 57.7 Å². The summed E-state index contributed by atoms with van der Waals surface area (Å²) < 4.78 is 26.2. The second kappa shape index (κ2) is 8.35. The van der Waals surface area contributed by atoms with E-state index < -0.39 is 10.0 Å². The monoisotopic (exact) mass is 400 g/mol. The van der Waals surface area contributed by atoms with Gasteiger partial charge in [-0.3, -0.25) is 9.10 Å². The highest BCUT2D eigenvalue weighted by Crippen LogP contribution is 2.24. The van der Waals surface area contributed by atoms with Crippen LogP contribution in [0.25, 0.3) is 0 Å². The van der Waals surface area contributed by atoms with Crippen molar-refractivity contribution in [2.75, 3.05) is 23.7 Å². The molecule has 28 heavy (non-hydrogen) atoms. The zero-order valence-corrected chi connectivity index (χ0v) is 17.6. The summed E-state index contributed by atoms with van der Waals surface area (Å²) in [5, 5.41) is 0.